The van der Waals surface area contributed by atoms with Crippen LogP contribution in [-0.2, 0) is 19.6 Å². The minimum absolute atomic E-state index is 0.148. The molecule has 0 radical (unpaired) electrons. The topological polar surface area (TPSA) is 124 Å². The molecule has 1 saturated carbocycles. The van der Waals surface area contributed by atoms with Gasteiger partial charge in [0.25, 0.3) is 0 Å². The van der Waals surface area contributed by atoms with Crippen molar-refractivity contribution in [1.82, 2.24) is 9.80 Å². The molecular weight excluding hydrogens is 336 g/mol. The number of hydrogen-bond donors (Lipinski definition) is 4. The van der Waals surface area contributed by atoms with Crippen molar-refractivity contribution < 1.29 is 40.6 Å². The molecule has 142 valence electrons. The molecular formula is C15H24N2O8. The Bertz CT molecular complexity index is 494. The Labute approximate surface area is 145 Å². The second-order valence-electron chi connectivity index (χ2n) is 5.45. The van der Waals surface area contributed by atoms with E-state index in [-0.39, 0.29) is 30.0 Å². The monoisotopic (exact) mass is 360 g/mol. The Hall–Kier alpha value is -2.24. The highest BCUT2D eigenvalue weighted by molar-refractivity contribution is 5.12. The predicted molar refractivity (Wildman–Crippen MR) is 86.0 cm³/mol. The number of hydrogen-bond acceptors (Lipinski definition) is 10. The Kier molecular flexibility index (Phi) is 8.25. The molecule has 1 rings (SSSR count). The minimum atomic E-state index is -0.476. The maximum absolute atomic E-state index is 9.02. The second-order valence-corrected chi connectivity index (χ2v) is 5.45. The Morgan fingerprint density at radius 3 is 1.56 bits per heavy atom. The zero-order valence-corrected chi connectivity index (χ0v) is 13.8. The van der Waals surface area contributed by atoms with E-state index in [9.17, 15) is 0 Å². The summed E-state index contributed by atoms with van der Waals surface area (Å²) in [6.45, 7) is 14.2. The molecule has 0 aromatic rings. The van der Waals surface area contributed by atoms with E-state index in [4.69, 9.17) is 21.0 Å². The summed E-state index contributed by atoms with van der Waals surface area (Å²) in [7, 11) is 0. The molecule has 0 spiro atoms. The fourth-order valence-corrected chi connectivity index (χ4v) is 3.07. The molecule has 0 amide bonds. The first-order valence-electron chi connectivity index (χ1n) is 7.46. The smallest absolute Gasteiger partial charge is 0.232 e. The molecule has 10 heteroatoms. The third-order valence-corrected chi connectivity index (χ3v) is 4.05. The van der Waals surface area contributed by atoms with Crippen LogP contribution < -0.4 is 0 Å². The Morgan fingerprint density at radius 2 is 1.16 bits per heavy atom. The molecule has 2 atom stereocenters. The molecule has 10 nitrogen and oxygen atoms in total. The molecule has 0 saturated heterocycles. The van der Waals surface area contributed by atoms with Crippen molar-refractivity contribution in [2.24, 2.45) is 0 Å². The molecule has 25 heavy (non-hydrogen) atoms. The van der Waals surface area contributed by atoms with Gasteiger partial charge in [-0.3, -0.25) is 10.2 Å². The third-order valence-electron chi connectivity index (χ3n) is 4.05. The van der Waals surface area contributed by atoms with E-state index in [0.717, 1.165) is 12.8 Å². The Morgan fingerprint density at radius 1 is 0.760 bits per heavy atom. The van der Waals surface area contributed by atoms with E-state index in [2.05, 4.69) is 45.9 Å². The van der Waals surface area contributed by atoms with Gasteiger partial charge in [-0.1, -0.05) is 19.4 Å². The maximum Gasteiger partial charge on any atom is 0.232 e. The lowest BCUT2D eigenvalue weighted by Crippen LogP contribution is -2.52. The Balaban J connectivity index is 3.24. The van der Waals surface area contributed by atoms with Crippen molar-refractivity contribution in [3.8, 4) is 0 Å². The largest absolute Gasteiger partial charge is 0.322 e. The normalized spacial score (nSPS) is 19.5. The summed E-state index contributed by atoms with van der Waals surface area (Å²) in [5.41, 5.74) is 0.254. The van der Waals surface area contributed by atoms with Gasteiger partial charge in [0.05, 0.1) is 12.1 Å². The minimum Gasteiger partial charge on any atom is -0.322 e. The standard InChI is InChI=1S/C15H24N2O8/c1-10(9-22-18)16(11(2)23-19)14-7-5-6-8-15(14)17(12(3)24-20)13(4)25-21/h14-15,18-21H,1-9H2. The SMILES string of the molecule is C=C(COO)N(C(=C)OO)C1CCCCC1N(C(=C)OO)C(=C)OO. The summed E-state index contributed by atoms with van der Waals surface area (Å²) < 4.78 is 0. The molecule has 4 N–H and O–H groups in total. The average molecular weight is 360 g/mol. The molecule has 0 aliphatic heterocycles. The molecule has 1 aliphatic rings. The number of nitrogens with zero attached hydrogens (tertiary/aromatic N) is 2. The van der Waals surface area contributed by atoms with Crippen LogP contribution >= 0.6 is 0 Å². The van der Waals surface area contributed by atoms with E-state index in [0.29, 0.717) is 12.8 Å². The van der Waals surface area contributed by atoms with Crippen LogP contribution in [0.25, 0.3) is 0 Å². The van der Waals surface area contributed by atoms with Gasteiger partial charge in [0, 0.05) is 5.70 Å². The van der Waals surface area contributed by atoms with Crippen molar-refractivity contribution in [2.75, 3.05) is 6.61 Å². The highest BCUT2D eigenvalue weighted by Crippen LogP contribution is 2.34. The molecule has 0 aromatic carbocycles. The average Bonchev–Trinajstić information content (AvgIpc) is 2.62. The lowest BCUT2D eigenvalue weighted by Gasteiger charge is -2.45. The van der Waals surface area contributed by atoms with Gasteiger partial charge in [-0.15, -0.1) is 0 Å². The van der Waals surface area contributed by atoms with Gasteiger partial charge >= 0.3 is 0 Å². The first-order chi connectivity index (χ1) is 11.9. The summed E-state index contributed by atoms with van der Waals surface area (Å²) in [5.74, 6) is -0.601. The van der Waals surface area contributed by atoms with Gasteiger partial charge in [-0.25, -0.2) is 20.7 Å². The van der Waals surface area contributed by atoms with E-state index >= 15 is 0 Å². The van der Waals surface area contributed by atoms with Crippen LogP contribution in [0, 0.1) is 0 Å². The molecule has 0 heterocycles. The van der Waals surface area contributed by atoms with Crippen LogP contribution in [0.4, 0.5) is 0 Å². The third kappa shape index (κ3) is 4.87. The van der Waals surface area contributed by atoms with Crippen LogP contribution in [0.1, 0.15) is 25.7 Å². The van der Waals surface area contributed by atoms with E-state index in [1.54, 1.807) is 0 Å². The summed E-state index contributed by atoms with van der Waals surface area (Å²) in [6, 6.07) is -0.912. The molecule has 0 aromatic heterocycles. The van der Waals surface area contributed by atoms with Gasteiger partial charge in [-0.05, 0) is 32.6 Å². The molecule has 2 unspecified atom stereocenters. The molecule has 0 bridgehead atoms. The summed E-state index contributed by atoms with van der Waals surface area (Å²) >= 11 is 0. The van der Waals surface area contributed by atoms with Crippen molar-refractivity contribution >= 4 is 0 Å². The van der Waals surface area contributed by atoms with Gasteiger partial charge in [0.1, 0.15) is 6.61 Å². The fourth-order valence-electron chi connectivity index (χ4n) is 3.07. The number of rotatable bonds is 11. The van der Waals surface area contributed by atoms with E-state index in [1.807, 2.05) is 0 Å². The van der Waals surface area contributed by atoms with Gasteiger partial charge in [-0.2, -0.15) is 0 Å². The zero-order valence-electron chi connectivity index (χ0n) is 13.8. The highest BCUT2D eigenvalue weighted by atomic mass is 17.1. The molecule has 1 aliphatic carbocycles. The summed E-state index contributed by atoms with van der Waals surface area (Å²) in [4.78, 5) is 19.4. The van der Waals surface area contributed by atoms with Crippen LogP contribution in [0.2, 0.25) is 0 Å². The summed E-state index contributed by atoms with van der Waals surface area (Å²) in [5, 5.41) is 35.7. The van der Waals surface area contributed by atoms with Crippen molar-refractivity contribution in [1.29, 1.82) is 0 Å². The van der Waals surface area contributed by atoms with Gasteiger partial charge < -0.3 is 19.6 Å². The fraction of sp³-hybridized carbons (Fsp3) is 0.467. The zero-order chi connectivity index (χ0) is 19.0. The van der Waals surface area contributed by atoms with E-state index < -0.39 is 12.1 Å². The predicted octanol–water partition coefficient (Wildman–Crippen LogP) is 2.79. The van der Waals surface area contributed by atoms with E-state index in [1.165, 1.54) is 9.80 Å². The van der Waals surface area contributed by atoms with Crippen LogP contribution in [0.3, 0.4) is 0 Å². The van der Waals surface area contributed by atoms with Crippen LogP contribution in [0.5, 0.6) is 0 Å². The molecule has 1 fully saturated rings. The van der Waals surface area contributed by atoms with Gasteiger partial charge in [0.15, 0.2) is 0 Å². The van der Waals surface area contributed by atoms with Crippen LogP contribution in [-0.4, -0.2) is 49.5 Å². The first kappa shape index (κ1) is 20.8. The lowest BCUT2D eigenvalue weighted by molar-refractivity contribution is -0.261. The van der Waals surface area contributed by atoms with Crippen LogP contribution in [0.15, 0.2) is 49.7 Å². The highest BCUT2D eigenvalue weighted by Gasteiger charge is 2.39. The lowest BCUT2D eigenvalue weighted by atomic mass is 9.87. The maximum atomic E-state index is 9.02. The summed E-state index contributed by atoms with van der Waals surface area (Å²) in [6.07, 6.45) is 2.80. The van der Waals surface area contributed by atoms with Crippen molar-refractivity contribution in [2.45, 2.75) is 37.8 Å². The van der Waals surface area contributed by atoms with Crippen molar-refractivity contribution in [3.05, 3.63) is 49.7 Å². The first-order valence-corrected chi connectivity index (χ1v) is 7.46. The van der Waals surface area contributed by atoms with Crippen molar-refractivity contribution in [3.63, 3.8) is 0 Å². The van der Waals surface area contributed by atoms with Gasteiger partial charge in [0.2, 0.25) is 17.6 Å². The second kappa shape index (κ2) is 9.91. The quantitative estimate of drug-likeness (QED) is 0.248.